The lowest BCUT2D eigenvalue weighted by Gasteiger charge is -2.14. The zero-order valence-electron chi connectivity index (χ0n) is 16.2. The summed E-state index contributed by atoms with van der Waals surface area (Å²) in [5.74, 6) is -1.27. The molecule has 0 radical (unpaired) electrons. The number of carbonyl (C=O) groups excluding carboxylic acids is 3. The van der Waals surface area contributed by atoms with E-state index in [1.54, 1.807) is 49.4 Å². The number of hydrazone groups is 1. The van der Waals surface area contributed by atoms with Crippen molar-refractivity contribution in [3.63, 3.8) is 0 Å². The second-order valence-electron chi connectivity index (χ2n) is 6.43. The smallest absolute Gasteiger partial charge is 0.354 e. The van der Waals surface area contributed by atoms with Gasteiger partial charge in [0.1, 0.15) is 5.71 Å². The molecule has 30 heavy (non-hydrogen) atoms. The van der Waals surface area contributed by atoms with Crippen molar-refractivity contribution in [2.45, 2.75) is 19.8 Å². The Morgan fingerprint density at radius 2 is 1.77 bits per heavy atom. The number of nitrogens with zero attached hydrogens (tertiary/aromatic N) is 2. The van der Waals surface area contributed by atoms with Gasteiger partial charge in [-0.05, 0) is 43.7 Å². The summed E-state index contributed by atoms with van der Waals surface area (Å²) in [5, 5.41) is 4.96. The molecule has 3 rings (SSSR count). The minimum atomic E-state index is -0.592. The monoisotopic (exact) mass is 447 g/mol. The number of rotatable bonds is 8. The predicted octanol–water partition coefficient (Wildman–Crippen LogP) is 4.40. The summed E-state index contributed by atoms with van der Waals surface area (Å²) in [6.07, 6.45) is 0.533. The maximum atomic E-state index is 12.4. The van der Waals surface area contributed by atoms with Gasteiger partial charge in [-0.1, -0.05) is 35.3 Å². The van der Waals surface area contributed by atoms with E-state index >= 15 is 0 Å². The summed E-state index contributed by atoms with van der Waals surface area (Å²) in [4.78, 5) is 38.3. The van der Waals surface area contributed by atoms with Crippen LogP contribution in [0.3, 0.4) is 0 Å². The Hall–Kier alpha value is -2.90. The number of amides is 2. The zero-order chi connectivity index (χ0) is 21.7. The number of carbonyl (C=O) groups is 3. The highest BCUT2D eigenvalue weighted by Gasteiger charge is 2.34. The number of ether oxygens (including phenoxy) is 1. The van der Waals surface area contributed by atoms with Crippen molar-refractivity contribution in [2.75, 3.05) is 18.6 Å². The van der Waals surface area contributed by atoms with Gasteiger partial charge in [0.05, 0.1) is 28.4 Å². The third-order valence-corrected chi connectivity index (χ3v) is 4.99. The Morgan fingerprint density at radius 1 is 1.10 bits per heavy atom. The van der Waals surface area contributed by atoms with E-state index in [0.29, 0.717) is 33.3 Å². The summed E-state index contributed by atoms with van der Waals surface area (Å²) in [6, 6.07) is 11.5. The summed E-state index contributed by atoms with van der Waals surface area (Å²) >= 11 is 12.1. The van der Waals surface area contributed by atoms with Crippen molar-refractivity contribution in [3.05, 3.63) is 63.6 Å². The minimum absolute atomic E-state index is 0.115. The van der Waals surface area contributed by atoms with Crippen molar-refractivity contribution in [2.24, 2.45) is 5.10 Å². The van der Waals surface area contributed by atoms with Crippen LogP contribution in [0.4, 0.5) is 5.69 Å². The van der Waals surface area contributed by atoms with Gasteiger partial charge in [-0.3, -0.25) is 19.9 Å². The van der Waals surface area contributed by atoms with E-state index in [0.717, 1.165) is 0 Å². The maximum absolute atomic E-state index is 12.4. The highest BCUT2D eigenvalue weighted by Crippen LogP contribution is 2.26. The van der Waals surface area contributed by atoms with E-state index in [9.17, 15) is 14.4 Å². The number of benzene rings is 2. The minimum Gasteiger partial charge on any atom is -0.461 e. The highest BCUT2D eigenvalue weighted by atomic mass is 35.5. The van der Waals surface area contributed by atoms with Crippen LogP contribution in [0.15, 0.2) is 47.6 Å². The van der Waals surface area contributed by atoms with Gasteiger partial charge >= 0.3 is 5.97 Å². The van der Waals surface area contributed by atoms with E-state index in [2.05, 4.69) is 10.5 Å². The highest BCUT2D eigenvalue weighted by molar-refractivity contribution is 6.37. The summed E-state index contributed by atoms with van der Waals surface area (Å²) in [7, 11) is 0. The number of fused-ring (bicyclic) bond motifs is 1. The molecule has 1 aliphatic rings. The summed E-state index contributed by atoms with van der Waals surface area (Å²) in [6.45, 7) is 2.03. The third-order valence-electron chi connectivity index (χ3n) is 4.42. The summed E-state index contributed by atoms with van der Waals surface area (Å²) < 4.78 is 5.05. The molecular weight excluding hydrogens is 429 g/mol. The second kappa shape index (κ2) is 9.73. The summed E-state index contributed by atoms with van der Waals surface area (Å²) in [5.41, 5.74) is 4.05. The first-order chi connectivity index (χ1) is 14.4. The molecule has 2 aromatic carbocycles. The quantitative estimate of drug-likeness (QED) is 0.280. The molecule has 1 aliphatic heterocycles. The van der Waals surface area contributed by atoms with Gasteiger partial charge in [-0.25, -0.2) is 4.79 Å². The van der Waals surface area contributed by atoms with E-state index in [1.165, 1.54) is 4.90 Å². The van der Waals surface area contributed by atoms with Crippen molar-refractivity contribution in [3.8, 4) is 0 Å². The first kappa shape index (κ1) is 21.8. The van der Waals surface area contributed by atoms with E-state index in [4.69, 9.17) is 27.9 Å². The molecule has 9 heteroatoms. The fourth-order valence-electron chi connectivity index (χ4n) is 2.98. The fourth-order valence-corrected chi connectivity index (χ4v) is 3.31. The average molecular weight is 448 g/mol. The van der Waals surface area contributed by atoms with Crippen LogP contribution in [0.1, 0.15) is 40.5 Å². The third kappa shape index (κ3) is 4.80. The number of imide groups is 1. The van der Waals surface area contributed by atoms with Gasteiger partial charge in [-0.15, -0.1) is 0 Å². The Balaban J connectivity index is 1.67. The Bertz CT molecular complexity index is 988. The first-order valence-electron chi connectivity index (χ1n) is 9.32. The van der Waals surface area contributed by atoms with Crippen LogP contribution in [0.25, 0.3) is 0 Å². The van der Waals surface area contributed by atoms with Crippen molar-refractivity contribution in [1.82, 2.24) is 4.90 Å². The predicted molar refractivity (Wildman–Crippen MR) is 115 cm³/mol. The number of hydrogen-bond donors (Lipinski definition) is 1. The molecular formula is C21H19Cl2N3O4. The molecule has 0 unspecified atom stereocenters. The molecule has 0 spiro atoms. The number of nitrogens with one attached hydrogen (secondary N) is 1. The Kier molecular flexibility index (Phi) is 7.07. The topological polar surface area (TPSA) is 88.1 Å². The SMILES string of the molecule is CCOC(=O)C(CCCN1C(=O)c2ccccc2C1=O)=NNc1cc(Cl)ccc1Cl. The molecule has 0 fully saturated rings. The molecule has 0 aromatic heterocycles. The van der Waals surface area contributed by atoms with Crippen LogP contribution in [0, 0.1) is 0 Å². The second-order valence-corrected chi connectivity index (χ2v) is 7.27. The largest absolute Gasteiger partial charge is 0.461 e. The molecule has 1 heterocycles. The van der Waals surface area contributed by atoms with Crippen molar-refractivity contribution in [1.29, 1.82) is 0 Å². The fraction of sp³-hybridized carbons (Fsp3) is 0.238. The molecule has 0 saturated carbocycles. The molecule has 0 atom stereocenters. The van der Waals surface area contributed by atoms with Crippen LogP contribution in [-0.2, 0) is 9.53 Å². The molecule has 0 bridgehead atoms. The Morgan fingerprint density at radius 3 is 2.40 bits per heavy atom. The van der Waals surface area contributed by atoms with Crippen LogP contribution >= 0.6 is 23.2 Å². The van der Waals surface area contributed by atoms with Crippen LogP contribution in [0.5, 0.6) is 0 Å². The van der Waals surface area contributed by atoms with Gasteiger partial charge in [-0.2, -0.15) is 5.10 Å². The van der Waals surface area contributed by atoms with Crippen LogP contribution < -0.4 is 5.43 Å². The van der Waals surface area contributed by atoms with E-state index < -0.39 is 5.97 Å². The first-order valence-corrected chi connectivity index (χ1v) is 10.1. The molecule has 156 valence electrons. The standard InChI is InChI=1S/C21H19Cl2N3O4/c1-2-30-21(29)17(24-25-18-12-13(22)9-10-16(18)23)8-5-11-26-19(27)14-6-3-4-7-15(14)20(26)28/h3-4,6-7,9-10,12,25H,2,5,8,11H2,1H3. The number of esters is 1. The lowest BCUT2D eigenvalue weighted by molar-refractivity contribution is -0.135. The van der Waals surface area contributed by atoms with E-state index in [1.807, 2.05) is 0 Å². The van der Waals surface area contributed by atoms with E-state index in [-0.39, 0.29) is 37.1 Å². The normalized spacial score (nSPS) is 13.4. The molecule has 7 nitrogen and oxygen atoms in total. The Labute approximate surface area is 183 Å². The molecule has 2 aromatic rings. The van der Waals surface area contributed by atoms with Crippen molar-refractivity contribution < 1.29 is 19.1 Å². The molecule has 0 aliphatic carbocycles. The lowest BCUT2D eigenvalue weighted by atomic mass is 10.1. The maximum Gasteiger partial charge on any atom is 0.354 e. The zero-order valence-corrected chi connectivity index (χ0v) is 17.7. The van der Waals surface area contributed by atoms with Gasteiger partial charge in [0.25, 0.3) is 11.8 Å². The van der Waals surface area contributed by atoms with Crippen LogP contribution in [-0.4, -0.2) is 41.5 Å². The number of halogens is 2. The lowest BCUT2D eigenvalue weighted by Crippen LogP contribution is -2.31. The number of hydrogen-bond acceptors (Lipinski definition) is 6. The van der Waals surface area contributed by atoms with Gasteiger partial charge < -0.3 is 4.74 Å². The average Bonchev–Trinajstić information content (AvgIpc) is 2.98. The molecule has 2 amide bonds. The van der Waals surface area contributed by atoms with Gasteiger partial charge in [0, 0.05) is 18.0 Å². The van der Waals surface area contributed by atoms with Gasteiger partial charge in [0.15, 0.2) is 0 Å². The van der Waals surface area contributed by atoms with Crippen molar-refractivity contribution >= 4 is 52.4 Å². The van der Waals surface area contributed by atoms with Crippen LogP contribution in [0.2, 0.25) is 10.0 Å². The molecule has 1 N–H and O–H groups in total. The molecule has 0 saturated heterocycles. The number of anilines is 1. The van der Waals surface area contributed by atoms with Gasteiger partial charge in [0.2, 0.25) is 0 Å².